The van der Waals surface area contributed by atoms with E-state index in [0.717, 1.165) is 18.5 Å². The maximum atomic E-state index is 12.8. The van der Waals surface area contributed by atoms with E-state index in [0.29, 0.717) is 31.1 Å². The van der Waals surface area contributed by atoms with Gasteiger partial charge in [-0.3, -0.25) is 9.69 Å². The number of aryl methyl sites for hydroxylation is 1. The molecular formula is C16H23N3O3S. The lowest BCUT2D eigenvalue weighted by atomic mass is 10.2. The first-order chi connectivity index (χ1) is 10.9. The standard InChI is InChI=1S/C16H23N3O3S/c1-13-5-3-4-6-15(13)23(21,22)19-11-9-18(10-12-19)14-7-8-17(2)16(14)20/h3-6,14H,7-12H2,1-2H3. The molecule has 1 aromatic carbocycles. The molecule has 6 nitrogen and oxygen atoms in total. The van der Waals surface area contributed by atoms with Crippen LogP contribution < -0.4 is 0 Å². The van der Waals surface area contributed by atoms with Gasteiger partial charge in [0, 0.05) is 39.8 Å². The highest BCUT2D eigenvalue weighted by Gasteiger charge is 2.37. The van der Waals surface area contributed by atoms with Crippen LogP contribution in [0.25, 0.3) is 0 Å². The summed E-state index contributed by atoms with van der Waals surface area (Å²) in [4.78, 5) is 16.4. The Morgan fingerprint density at radius 3 is 2.26 bits per heavy atom. The lowest BCUT2D eigenvalue weighted by molar-refractivity contribution is -0.131. The maximum Gasteiger partial charge on any atom is 0.243 e. The van der Waals surface area contributed by atoms with Crippen molar-refractivity contribution in [1.82, 2.24) is 14.1 Å². The predicted octanol–water partition coefficient (Wildman–Crippen LogP) is 0.532. The number of likely N-dealkylation sites (N-methyl/N-ethyl adjacent to an activating group) is 1. The first-order valence-corrected chi connectivity index (χ1v) is 9.40. The van der Waals surface area contributed by atoms with Gasteiger partial charge in [-0.2, -0.15) is 4.31 Å². The van der Waals surface area contributed by atoms with E-state index in [1.165, 1.54) is 4.31 Å². The van der Waals surface area contributed by atoms with Gasteiger partial charge in [0.25, 0.3) is 0 Å². The van der Waals surface area contributed by atoms with Gasteiger partial charge in [0.15, 0.2) is 0 Å². The van der Waals surface area contributed by atoms with Crippen LogP contribution in [-0.4, -0.2) is 74.2 Å². The molecule has 3 rings (SSSR count). The van der Waals surface area contributed by atoms with Gasteiger partial charge in [0.2, 0.25) is 15.9 Å². The smallest absolute Gasteiger partial charge is 0.243 e. The molecule has 0 N–H and O–H groups in total. The van der Waals surface area contributed by atoms with Crippen LogP contribution in [0.15, 0.2) is 29.2 Å². The van der Waals surface area contributed by atoms with Gasteiger partial charge in [-0.05, 0) is 25.0 Å². The minimum Gasteiger partial charge on any atom is -0.344 e. The number of hydrogen-bond acceptors (Lipinski definition) is 4. The quantitative estimate of drug-likeness (QED) is 0.807. The van der Waals surface area contributed by atoms with Crippen LogP contribution in [-0.2, 0) is 14.8 Å². The van der Waals surface area contributed by atoms with Crippen LogP contribution in [0, 0.1) is 6.92 Å². The highest BCUT2D eigenvalue weighted by Crippen LogP contribution is 2.23. The van der Waals surface area contributed by atoms with E-state index in [4.69, 9.17) is 0 Å². The highest BCUT2D eigenvalue weighted by atomic mass is 32.2. The van der Waals surface area contributed by atoms with Crippen LogP contribution in [0.3, 0.4) is 0 Å². The van der Waals surface area contributed by atoms with Gasteiger partial charge in [-0.1, -0.05) is 18.2 Å². The Balaban J connectivity index is 1.69. The molecule has 126 valence electrons. The molecule has 1 atom stereocenters. The van der Waals surface area contributed by atoms with E-state index in [9.17, 15) is 13.2 Å². The third-order valence-corrected chi connectivity index (χ3v) is 6.88. The van der Waals surface area contributed by atoms with Crippen molar-refractivity contribution in [1.29, 1.82) is 0 Å². The number of piperazine rings is 1. The van der Waals surface area contributed by atoms with E-state index in [-0.39, 0.29) is 11.9 Å². The number of hydrogen-bond donors (Lipinski definition) is 0. The summed E-state index contributed by atoms with van der Waals surface area (Å²) in [7, 11) is -1.63. The lowest BCUT2D eigenvalue weighted by Crippen LogP contribution is -2.53. The van der Waals surface area contributed by atoms with Crippen molar-refractivity contribution < 1.29 is 13.2 Å². The van der Waals surface area contributed by atoms with Gasteiger partial charge >= 0.3 is 0 Å². The van der Waals surface area contributed by atoms with Crippen LogP contribution in [0.2, 0.25) is 0 Å². The molecule has 2 fully saturated rings. The summed E-state index contributed by atoms with van der Waals surface area (Å²) in [5.74, 6) is 0.153. The van der Waals surface area contributed by atoms with Crippen LogP contribution in [0.4, 0.5) is 0 Å². The molecule has 2 aliphatic rings. The van der Waals surface area contributed by atoms with Crippen molar-refractivity contribution >= 4 is 15.9 Å². The fourth-order valence-corrected chi connectivity index (χ4v) is 5.03. The van der Waals surface area contributed by atoms with Crippen LogP contribution in [0.1, 0.15) is 12.0 Å². The SMILES string of the molecule is Cc1ccccc1S(=O)(=O)N1CCN(C2CCN(C)C2=O)CC1. The minimum atomic E-state index is -3.45. The first kappa shape index (κ1) is 16.4. The Morgan fingerprint density at radius 1 is 1.04 bits per heavy atom. The van der Waals surface area contributed by atoms with Crippen molar-refractivity contribution in [2.24, 2.45) is 0 Å². The summed E-state index contributed by atoms with van der Waals surface area (Å²) in [6.07, 6.45) is 0.833. The second-order valence-electron chi connectivity index (χ2n) is 6.27. The number of nitrogens with zero attached hydrogens (tertiary/aromatic N) is 3. The van der Waals surface area contributed by atoms with E-state index in [1.54, 1.807) is 17.0 Å². The minimum absolute atomic E-state index is 0.0803. The zero-order chi connectivity index (χ0) is 16.6. The van der Waals surface area contributed by atoms with Crippen molar-refractivity contribution in [2.45, 2.75) is 24.3 Å². The molecule has 0 aromatic heterocycles. The number of carbonyl (C=O) groups is 1. The molecule has 2 saturated heterocycles. The fraction of sp³-hybridized carbons (Fsp3) is 0.562. The largest absolute Gasteiger partial charge is 0.344 e. The summed E-state index contributed by atoms with van der Waals surface area (Å²) in [5.41, 5.74) is 0.766. The van der Waals surface area contributed by atoms with Gasteiger partial charge in [-0.15, -0.1) is 0 Å². The van der Waals surface area contributed by atoms with E-state index in [1.807, 2.05) is 26.1 Å². The van der Waals surface area contributed by atoms with Gasteiger partial charge in [0.05, 0.1) is 10.9 Å². The monoisotopic (exact) mass is 337 g/mol. The maximum absolute atomic E-state index is 12.8. The van der Waals surface area contributed by atoms with Crippen molar-refractivity contribution in [3.8, 4) is 0 Å². The van der Waals surface area contributed by atoms with Gasteiger partial charge in [-0.25, -0.2) is 8.42 Å². The topological polar surface area (TPSA) is 60.9 Å². The second-order valence-corrected chi connectivity index (χ2v) is 8.18. The number of sulfonamides is 1. The fourth-order valence-electron chi connectivity index (χ4n) is 3.38. The molecule has 2 heterocycles. The molecule has 0 spiro atoms. The number of rotatable bonds is 3. The predicted molar refractivity (Wildman–Crippen MR) is 87.6 cm³/mol. The van der Waals surface area contributed by atoms with Crippen molar-refractivity contribution in [2.75, 3.05) is 39.8 Å². The van der Waals surface area contributed by atoms with E-state index < -0.39 is 10.0 Å². The zero-order valence-electron chi connectivity index (χ0n) is 13.6. The summed E-state index contributed by atoms with van der Waals surface area (Å²) >= 11 is 0. The number of likely N-dealkylation sites (tertiary alicyclic amines) is 1. The van der Waals surface area contributed by atoms with Crippen molar-refractivity contribution in [3.63, 3.8) is 0 Å². The second kappa shape index (κ2) is 6.22. The Morgan fingerprint density at radius 2 is 1.70 bits per heavy atom. The zero-order valence-corrected chi connectivity index (χ0v) is 14.4. The lowest BCUT2D eigenvalue weighted by Gasteiger charge is -2.36. The third kappa shape index (κ3) is 3.00. The highest BCUT2D eigenvalue weighted by molar-refractivity contribution is 7.89. The van der Waals surface area contributed by atoms with Gasteiger partial charge < -0.3 is 4.90 Å². The van der Waals surface area contributed by atoms with Crippen LogP contribution in [0.5, 0.6) is 0 Å². The average molecular weight is 337 g/mol. The Kier molecular flexibility index (Phi) is 4.44. The number of benzene rings is 1. The molecule has 0 radical (unpaired) electrons. The molecule has 1 aromatic rings. The van der Waals surface area contributed by atoms with E-state index in [2.05, 4.69) is 4.90 Å². The molecule has 23 heavy (non-hydrogen) atoms. The molecular weight excluding hydrogens is 314 g/mol. The molecule has 0 aliphatic carbocycles. The Hall–Kier alpha value is -1.44. The Labute approximate surface area is 137 Å². The van der Waals surface area contributed by atoms with Crippen LogP contribution >= 0.6 is 0 Å². The third-order valence-electron chi connectivity index (χ3n) is 4.82. The summed E-state index contributed by atoms with van der Waals surface area (Å²) in [5, 5.41) is 0. The van der Waals surface area contributed by atoms with Gasteiger partial charge in [0.1, 0.15) is 0 Å². The molecule has 0 saturated carbocycles. The first-order valence-electron chi connectivity index (χ1n) is 7.96. The molecule has 7 heteroatoms. The summed E-state index contributed by atoms with van der Waals surface area (Å²) < 4.78 is 27.1. The van der Waals surface area contributed by atoms with E-state index >= 15 is 0 Å². The molecule has 0 bridgehead atoms. The number of amides is 1. The average Bonchev–Trinajstić information content (AvgIpc) is 2.87. The Bertz CT molecular complexity index is 696. The summed E-state index contributed by atoms with van der Waals surface area (Å²) in [6.45, 7) is 4.68. The molecule has 2 aliphatic heterocycles. The number of carbonyl (C=O) groups excluding carboxylic acids is 1. The molecule has 1 unspecified atom stereocenters. The summed E-state index contributed by atoms with van der Waals surface area (Å²) in [6, 6.07) is 6.99. The van der Waals surface area contributed by atoms with Crippen molar-refractivity contribution in [3.05, 3.63) is 29.8 Å². The normalized spacial score (nSPS) is 24.3. The molecule has 1 amide bonds.